The maximum Gasteiger partial charge on any atom is 0.328 e. The van der Waals surface area contributed by atoms with E-state index >= 15 is 0 Å². The van der Waals surface area contributed by atoms with E-state index in [9.17, 15) is 33.9 Å². The van der Waals surface area contributed by atoms with E-state index in [1.54, 1.807) is 31.2 Å². The highest BCUT2D eigenvalue weighted by molar-refractivity contribution is 6.21. The number of carboxylic acid groups (broad SMARTS) is 1. The monoisotopic (exact) mass is 528 g/mol. The summed E-state index contributed by atoms with van der Waals surface area (Å²) >= 11 is 0. The molecule has 2 saturated heterocycles. The highest BCUT2D eigenvalue weighted by atomic mass is 16.5. The molecule has 3 aliphatic rings. The third-order valence-electron chi connectivity index (χ3n) is 7.12. The number of carbonyl (C=O) groups excluding carboxylic acids is 5. The summed E-state index contributed by atoms with van der Waals surface area (Å²) in [4.78, 5) is 77.0. The highest BCUT2D eigenvalue weighted by Gasteiger charge is 2.45. The fraction of sp³-hybridized carbons (Fsp3) is 0.538. The van der Waals surface area contributed by atoms with Gasteiger partial charge in [-0.1, -0.05) is 12.1 Å². The highest BCUT2D eigenvalue weighted by Crippen LogP contribution is 2.26. The summed E-state index contributed by atoms with van der Waals surface area (Å²) in [6, 6.07) is 3.64. The van der Waals surface area contributed by atoms with Crippen LogP contribution in [0.25, 0.3) is 0 Å². The van der Waals surface area contributed by atoms with Crippen LogP contribution in [0.15, 0.2) is 24.3 Å². The molecule has 0 bridgehead atoms. The fourth-order valence-electron chi connectivity index (χ4n) is 5.23. The molecule has 0 radical (unpaired) electrons. The first-order valence-electron chi connectivity index (χ1n) is 13.0. The Balaban J connectivity index is 1.40. The number of benzene rings is 1. The summed E-state index contributed by atoms with van der Waals surface area (Å²) in [6.07, 6.45) is 1.98. The second kappa shape index (κ2) is 11.7. The Bertz CT molecular complexity index is 1100. The van der Waals surface area contributed by atoms with Crippen molar-refractivity contribution < 1.29 is 38.6 Å². The Labute approximate surface area is 219 Å². The van der Waals surface area contributed by atoms with Gasteiger partial charge in [-0.2, -0.15) is 0 Å². The molecule has 3 atom stereocenters. The molecule has 3 heterocycles. The van der Waals surface area contributed by atoms with Gasteiger partial charge in [-0.05, 0) is 57.6 Å². The van der Waals surface area contributed by atoms with Crippen molar-refractivity contribution in [2.24, 2.45) is 0 Å². The molecule has 1 aromatic rings. The Morgan fingerprint density at radius 1 is 1.08 bits per heavy atom. The second-order valence-corrected chi connectivity index (χ2v) is 9.56. The first-order valence-corrected chi connectivity index (χ1v) is 13.0. The standard InChI is InChI=1S/C26H32N4O8/c1-2-38-26(37)19(10-5-6-14-28-22(32)16-8-3-4-9-17(16)23(28)33)27-18-12-13-21(31)29-15-7-11-20(25(35)36)30(29)24(18)34/h3-4,8-9,18-20,27H,2,5-7,10-15H2,1H3,(H,35,36)/t18-,19+,20-/m0/s1. The number of nitrogens with one attached hydrogen (secondary N) is 1. The van der Waals surface area contributed by atoms with Crippen molar-refractivity contribution >= 4 is 35.6 Å². The molecule has 0 aliphatic carbocycles. The first kappa shape index (κ1) is 27.2. The minimum Gasteiger partial charge on any atom is -0.480 e. The molecule has 0 aromatic heterocycles. The van der Waals surface area contributed by atoms with E-state index in [1.807, 2.05) is 0 Å². The van der Waals surface area contributed by atoms with E-state index in [0.29, 0.717) is 30.4 Å². The van der Waals surface area contributed by atoms with Crippen LogP contribution < -0.4 is 5.32 Å². The predicted octanol–water partition coefficient (Wildman–Crippen LogP) is 0.956. The van der Waals surface area contributed by atoms with Crippen LogP contribution in [0, 0.1) is 0 Å². The number of hydrazine groups is 1. The summed E-state index contributed by atoms with van der Waals surface area (Å²) in [5.74, 6) is -3.35. The van der Waals surface area contributed by atoms with E-state index in [1.165, 1.54) is 9.91 Å². The lowest BCUT2D eigenvalue weighted by Crippen LogP contribution is -2.62. The molecule has 4 amide bonds. The molecule has 2 N–H and O–H groups in total. The van der Waals surface area contributed by atoms with Crippen molar-refractivity contribution in [3.8, 4) is 0 Å². The molecule has 0 spiro atoms. The number of hydrogen-bond donors (Lipinski definition) is 2. The number of fused-ring (bicyclic) bond motifs is 2. The molecular weight excluding hydrogens is 496 g/mol. The summed E-state index contributed by atoms with van der Waals surface area (Å²) < 4.78 is 5.19. The Morgan fingerprint density at radius 2 is 1.76 bits per heavy atom. The number of imide groups is 1. The second-order valence-electron chi connectivity index (χ2n) is 9.56. The quantitative estimate of drug-likeness (QED) is 0.257. The lowest BCUT2D eigenvalue weighted by Gasteiger charge is -2.42. The minimum absolute atomic E-state index is 0.0293. The lowest BCUT2D eigenvalue weighted by atomic mass is 10.0. The van der Waals surface area contributed by atoms with Gasteiger partial charge >= 0.3 is 11.9 Å². The Morgan fingerprint density at radius 3 is 2.39 bits per heavy atom. The van der Waals surface area contributed by atoms with Crippen LogP contribution in [0.5, 0.6) is 0 Å². The molecule has 4 rings (SSSR count). The maximum atomic E-state index is 13.4. The maximum absolute atomic E-state index is 13.4. The van der Waals surface area contributed by atoms with Crippen molar-refractivity contribution in [3.05, 3.63) is 35.4 Å². The summed E-state index contributed by atoms with van der Waals surface area (Å²) in [5.41, 5.74) is 0.743. The number of amides is 4. The van der Waals surface area contributed by atoms with Crippen molar-refractivity contribution in [3.63, 3.8) is 0 Å². The average molecular weight is 529 g/mol. The van der Waals surface area contributed by atoms with Crippen LogP contribution in [0.2, 0.25) is 0 Å². The molecule has 3 aliphatic heterocycles. The zero-order chi connectivity index (χ0) is 27.4. The summed E-state index contributed by atoms with van der Waals surface area (Å²) in [5, 5.41) is 14.9. The topological polar surface area (TPSA) is 154 Å². The number of carboxylic acids is 1. The van der Waals surface area contributed by atoms with Gasteiger partial charge in [-0.25, -0.2) is 9.80 Å². The third-order valence-corrected chi connectivity index (χ3v) is 7.12. The van der Waals surface area contributed by atoms with Crippen LogP contribution in [-0.4, -0.2) is 93.4 Å². The zero-order valence-electron chi connectivity index (χ0n) is 21.3. The number of esters is 1. The molecule has 38 heavy (non-hydrogen) atoms. The molecule has 12 nitrogen and oxygen atoms in total. The summed E-state index contributed by atoms with van der Waals surface area (Å²) in [7, 11) is 0. The van der Waals surface area contributed by atoms with E-state index in [2.05, 4.69) is 5.32 Å². The van der Waals surface area contributed by atoms with Gasteiger partial charge in [0.2, 0.25) is 5.91 Å². The zero-order valence-corrected chi connectivity index (χ0v) is 21.3. The van der Waals surface area contributed by atoms with Gasteiger partial charge in [0.25, 0.3) is 17.7 Å². The average Bonchev–Trinajstić information content (AvgIpc) is 3.08. The van der Waals surface area contributed by atoms with Crippen LogP contribution in [-0.2, 0) is 23.9 Å². The molecular formula is C26H32N4O8. The van der Waals surface area contributed by atoms with E-state index in [0.717, 1.165) is 5.01 Å². The number of aliphatic carboxylic acids is 1. The number of nitrogens with zero attached hydrogens (tertiary/aromatic N) is 3. The van der Waals surface area contributed by atoms with Crippen LogP contribution in [0.1, 0.15) is 72.6 Å². The van der Waals surface area contributed by atoms with Crippen molar-refractivity contribution in [1.29, 1.82) is 0 Å². The number of unbranched alkanes of at least 4 members (excludes halogenated alkanes) is 1. The van der Waals surface area contributed by atoms with Crippen LogP contribution in [0.4, 0.5) is 0 Å². The number of carbonyl (C=O) groups is 6. The van der Waals surface area contributed by atoms with E-state index < -0.39 is 36.0 Å². The van der Waals surface area contributed by atoms with Gasteiger partial charge in [0, 0.05) is 19.5 Å². The summed E-state index contributed by atoms with van der Waals surface area (Å²) in [6.45, 7) is 2.24. The SMILES string of the molecule is CCOC(=O)[C@@H](CCCCN1C(=O)c2ccccc2C1=O)N[C@H]1CCC(=O)N2CCC[C@@H](C(=O)O)N2C1=O. The normalized spacial score (nSPS) is 22.2. The van der Waals surface area contributed by atoms with Crippen LogP contribution >= 0.6 is 0 Å². The van der Waals surface area contributed by atoms with Gasteiger partial charge in [-0.3, -0.25) is 39.2 Å². The smallest absolute Gasteiger partial charge is 0.328 e. The Hall–Kier alpha value is -3.80. The number of rotatable bonds is 10. The molecule has 0 saturated carbocycles. The minimum atomic E-state index is -1.19. The molecule has 12 heteroatoms. The van der Waals surface area contributed by atoms with E-state index in [-0.39, 0.29) is 63.1 Å². The van der Waals surface area contributed by atoms with Gasteiger partial charge < -0.3 is 9.84 Å². The molecule has 2 fully saturated rings. The van der Waals surface area contributed by atoms with Crippen LogP contribution in [0.3, 0.4) is 0 Å². The van der Waals surface area contributed by atoms with E-state index in [4.69, 9.17) is 4.74 Å². The van der Waals surface area contributed by atoms with Gasteiger partial charge in [0.15, 0.2) is 6.04 Å². The van der Waals surface area contributed by atoms with Crippen molar-refractivity contribution in [2.45, 2.75) is 70.0 Å². The fourth-order valence-corrected chi connectivity index (χ4v) is 5.23. The van der Waals surface area contributed by atoms with Gasteiger partial charge in [0.1, 0.15) is 6.04 Å². The largest absolute Gasteiger partial charge is 0.480 e. The number of ether oxygens (including phenoxy) is 1. The Kier molecular flexibility index (Phi) is 8.40. The van der Waals surface area contributed by atoms with Crippen molar-refractivity contribution in [2.75, 3.05) is 19.7 Å². The first-order chi connectivity index (χ1) is 18.2. The van der Waals surface area contributed by atoms with Gasteiger partial charge in [0.05, 0.1) is 23.8 Å². The molecule has 0 unspecified atom stereocenters. The van der Waals surface area contributed by atoms with Gasteiger partial charge in [-0.15, -0.1) is 0 Å². The third kappa shape index (κ3) is 5.40. The van der Waals surface area contributed by atoms with Crippen molar-refractivity contribution in [1.82, 2.24) is 20.2 Å². The molecule has 204 valence electrons. The molecule has 1 aromatic carbocycles. The lowest BCUT2D eigenvalue weighted by molar-refractivity contribution is -0.181. The number of hydrogen-bond acceptors (Lipinski definition) is 8. The predicted molar refractivity (Wildman–Crippen MR) is 131 cm³/mol.